The summed E-state index contributed by atoms with van der Waals surface area (Å²) in [4.78, 5) is 13.2. The van der Waals surface area contributed by atoms with Crippen LogP contribution in [0.4, 0.5) is 5.69 Å². The third kappa shape index (κ3) is 2.61. The van der Waals surface area contributed by atoms with Crippen molar-refractivity contribution in [3.05, 3.63) is 28.8 Å². The number of aldehydes is 1. The highest BCUT2D eigenvalue weighted by Gasteiger charge is 2.27. The topological polar surface area (TPSA) is 40.5 Å². The molecule has 1 aromatic rings. The first-order chi connectivity index (χ1) is 8.11. The molecule has 0 spiro atoms. The zero-order valence-corrected chi connectivity index (χ0v) is 10.5. The zero-order chi connectivity index (χ0) is 12.4. The van der Waals surface area contributed by atoms with Crippen molar-refractivity contribution in [1.82, 2.24) is 0 Å². The Kier molecular flexibility index (Phi) is 3.69. The Labute approximate surface area is 106 Å². The summed E-state index contributed by atoms with van der Waals surface area (Å²) in [6.45, 7) is 3.48. The second-order valence-corrected chi connectivity index (χ2v) is 4.99. The Morgan fingerprint density at radius 2 is 2.35 bits per heavy atom. The van der Waals surface area contributed by atoms with Crippen LogP contribution >= 0.6 is 11.6 Å². The van der Waals surface area contributed by atoms with E-state index in [2.05, 4.69) is 4.90 Å². The van der Waals surface area contributed by atoms with E-state index < -0.39 is 0 Å². The second kappa shape index (κ2) is 5.07. The van der Waals surface area contributed by atoms with Crippen LogP contribution < -0.4 is 4.90 Å². The normalized spacial score (nSPS) is 21.6. The Bertz CT molecular complexity index is 420. The standard InChI is InChI=1S/C13H16ClNO2/c1-9(17)10-4-5-15(7-10)13-3-2-12(14)6-11(13)8-16/h2-3,6,8-10,17H,4-5,7H2,1H3. The molecule has 0 saturated carbocycles. The Hall–Kier alpha value is -1.06. The molecule has 0 amide bonds. The second-order valence-electron chi connectivity index (χ2n) is 4.56. The number of carbonyl (C=O) groups excluding carboxylic acids is 1. The van der Waals surface area contributed by atoms with Crippen molar-refractivity contribution in [2.24, 2.45) is 5.92 Å². The lowest BCUT2D eigenvalue weighted by Gasteiger charge is -2.21. The molecule has 2 atom stereocenters. The molecule has 2 unspecified atom stereocenters. The van der Waals surface area contributed by atoms with Gasteiger partial charge in [0.2, 0.25) is 0 Å². The van der Waals surface area contributed by atoms with Crippen LogP contribution in [0.3, 0.4) is 0 Å². The van der Waals surface area contributed by atoms with Crippen LogP contribution in [0.25, 0.3) is 0 Å². The number of carbonyl (C=O) groups is 1. The molecule has 0 bridgehead atoms. The highest BCUT2D eigenvalue weighted by molar-refractivity contribution is 6.31. The quantitative estimate of drug-likeness (QED) is 0.841. The molecule has 0 aliphatic carbocycles. The van der Waals surface area contributed by atoms with Crippen molar-refractivity contribution in [2.45, 2.75) is 19.4 Å². The summed E-state index contributed by atoms with van der Waals surface area (Å²) in [5, 5.41) is 10.1. The number of aliphatic hydroxyl groups is 1. The molecule has 0 radical (unpaired) electrons. The van der Waals surface area contributed by atoms with Gasteiger partial charge in [-0.1, -0.05) is 11.6 Å². The minimum atomic E-state index is -0.299. The highest BCUT2D eigenvalue weighted by atomic mass is 35.5. The van der Waals surface area contributed by atoms with Gasteiger partial charge in [0.15, 0.2) is 6.29 Å². The van der Waals surface area contributed by atoms with E-state index in [0.29, 0.717) is 10.6 Å². The van der Waals surface area contributed by atoms with Gasteiger partial charge in [-0.2, -0.15) is 0 Å². The first-order valence-corrected chi connectivity index (χ1v) is 6.17. The molecule has 1 N–H and O–H groups in total. The third-order valence-electron chi connectivity index (χ3n) is 3.36. The highest BCUT2D eigenvalue weighted by Crippen LogP contribution is 2.29. The average Bonchev–Trinajstić information content (AvgIpc) is 2.78. The fourth-order valence-electron chi connectivity index (χ4n) is 2.31. The maximum atomic E-state index is 11.0. The molecular formula is C13H16ClNO2. The number of rotatable bonds is 3. The monoisotopic (exact) mass is 253 g/mol. The number of halogens is 1. The Morgan fingerprint density at radius 1 is 1.59 bits per heavy atom. The molecule has 1 aromatic carbocycles. The fourth-order valence-corrected chi connectivity index (χ4v) is 2.49. The van der Waals surface area contributed by atoms with Gasteiger partial charge in [0, 0.05) is 35.3 Å². The van der Waals surface area contributed by atoms with E-state index in [1.807, 2.05) is 13.0 Å². The maximum Gasteiger partial charge on any atom is 0.152 e. The van der Waals surface area contributed by atoms with Crippen molar-refractivity contribution in [2.75, 3.05) is 18.0 Å². The van der Waals surface area contributed by atoms with Gasteiger partial charge < -0.3 is 10.0 Å². The lowest BCUT2D eigenvalue weighted by Crippen LogP contribution is -2.24. The zero-order valence-electron chi connectivity index (χ0n) is 9.77. The Balaban J connectivity index is 2.21. The van der Waals surface area contributed by atoms with Gasteiger partial charge in [-0.15, -0.1) is 0 Å². The lowest BCUT2D eigenvalue weighted by molar-refractivity contribution is 0.112. The maximum absolute atomic E-state index is 11.0. The van der Waals surface area contributed by atoms with Gasteiger partial charge >= 0.3 is 0 Å². The summed E-state index contributed by atoms with van der Waals surface area (Å²) in [5.41, 5.74) is 1.52. The van der Waals surface area contributed by atoms with Gasteiger partial charge in [-0.25, -0.2) is 0 Å². The molecule has 92 valence electrons. The molecule has 3 nitrogen and oxygen atoms in total. The minimum absolute atomic E-state index is 0.283. The number of nitrogens with zero attached hydrogens (tertiary/aromatic N) is 1. The van der Waals surface area contributed by atoms with Crippen molar-refractivity contribution in [3.63, 3.8) is 0 Å². The van der Waals surface area contributed by atoms with Crippen LogP contribution in [0.5, 0.6) is 0 Å². The van der Waals surface area contributed by atoms with Crippen LogP contribution in [-0.2, 0) is 0 Å². The molecule has 1 heterocycles. The van der Waals surface area contributed by atoms with Gasteiger partial charge in [-0.3, -0.25) is 4.79 Å². The largest absolute Gasteiger partial charge is 0.393 e. The molecule has 0 aromatic heterocycles. The van der Waals surface area contributed by atoms with Crippen LogP contribution in [-0.4, -0.2) is 30.6 Å². The van der Waals surface area contributed by atoms with Crippen LogP contribution in [0.15, 0.2) is 18.2 Å². The van der Waals surface area contributed by atoms with Gasteiger partial charge in [0.1, 0.15) is 0 Å². The number of hydrogen-bond acceptors (Lipinski definition) is 3. The molecule has 1 aliphatic rings. The van der Waals surface area contributed by atoms with Crippen LogP contribution in [0.2, 0.25) is 5.02 Å². The number of benzene rings is 1. The van der Waals surface area contributed by atoms with Gasteiger partial charge in [0.05, 0.1) is 6.10 Å². The predicted molar refractivity (Wildman–Crippen MR) is 68.8 cm³/mol. The first-order valence-electron chi connectivity index (χ1n) is 5.79. The fraction of sp³-hybridized carbons (Fsp3) is 0.462. The third-order valence-corrected chi connectivity index (χ3v) is 3.60. The van der Waals surface area contributed by atoms with E-state index in [1.54, 1.807) is 12.1 Å². The predicted octanol–water partition coefficient (Wildman–Crippen LogP) is 2.36. The molecule has 1 saturated heterocycles. The number of anilines is 1. The summed E-state index contributed by atoms with van der Waals surface area (Å²) in [6.07, 6.45) is 1.49. The van der Waals surface area contributed by atoms with Crippen LogP contribution in [0, 0.1) is 5.92 Å². The molecule has 1 fully saturated rings. The molecule has 2 rings (SSSR count). The SMILES string of the molecule is CC(O)C1CCN(c2ccc(Cl)cc2C=O)C1. The minimum Gasteiger partial charge on any atom is -0.393 e. The summed E-state index contributed by atoms with van der Waals surface area (Å²) in [5.74, 6) is 0.283. The van der Waals surface area contributed by atoms with Crippen molar-refractivity contribution in [3.8, 4) is 0 Å². The van der Waals surface area contributed by atoms with Crippen molar-refractivity contribution < 1.29 is 9.90 Å². The number of hydrogen-bond donors (Lipinski definition) is 1. The van der Waals surface area contributed by atoms with Crippen molar-refractivity contribution in [1.29, 1.82) is 0 Å². The summed E-state index contributed by atoms with van der Waals surface area (Å²) in [7, 11) is 0. The van der Waals surface area contributed by atoms with Gasteiger partial charge in [0.25, 0.3) is 0 Å². The number of aliphatic hydroxyl groups excluding tert-OH is 1. The van der Waals surface area contributed by atoms with Crippen LogP contribution in [0.1, 0.15) is 23.7 Å². The van der Waals surface area contributed by atoms with E-state index in [4.69, 9.17) is 11.6 Å². The van der Waals surface area contributed by atoms with Gasteiger partial charge in [-0.05, 0) is 31.5 Å². The smallest absolute Gasteiger partial charge is 0.152 e. The molecule has 1 aliphatic heterocycles. The molecule has 17 heavy (non-hydrogen) atoms. The van der Waals surface area contributed by atoms with E-state index >= 15 is 0 Å². The summed E-state index contributed by atoms with van der Waals surface area (Å²) >= 11 is 5.86. The van der Waals surface area contributed by atoms with E-state index in [0.717, 1.165) is 31.5 Å². The van der Waals surface area contributed by atoms with Crippen molar-refractivity contribution >= 4 is 23.6 Å². The first kappa shape index (κ1) is 12.4. The van der Waals surface area contributed by atoms with E-state index in [9.17, 15) is 9.90 Å². The summed E-state index contributed by atoms with van der Waals surface area (Å²) in [6, 6.07) is 5.34. The lowest BCUT2D eigenvalue weighted by atomic mass is 10.0. The van der Waals surface area contributed by atoms with E-state index in [-0.39, 0.29) is 12.0 Å². The average molecular weight is 254 g/mol. The van der Waals surface area contributed by atoms with E-state index in [1.165, 1.54) is 0 Å². The molecular weight excluding hydrogens is 238 g/mol. The Morgan fingerprint density at radius 3 is 2.94 bits per heavy atom. The molecule has 4 heteroatoms. The summed E-state index contributed by atoms with van der Waals surface area (Å²) < 4.78 is 0.